The fourth-order valence-corrected chi connectivity index (χ4v) is 5.14. The molecule has 2 aliphatic rings. The second-order valence-corrected chi connectivity index (χ2v) is 9.42. The molecular weight excluding hydrogens is 407 g/mol. The lowest BCUT2D eigenvalue weighted by molar-refractivity contribution is 0.0702. The Morgan fingerprint density at radius 3 is 2.75 bits per heavy atom. The molecule has 1 aromatic heterocycles. The molecule has 1 aliphatic heterocycles. The van der Waals surface area contributed by atoms with Crippen molar-refractivity contribution in [2.75, 3.05) is 24.5 Å². The lowest BCUT2D eigenvalue weighted by Gasteiger charge is -2.27. The third kappa shape index (κ3) is 4.57. The molecule has 0 unspecified atom stereocenters. The van der Waals surface area contributed by atoms with Gasteiger partial charge in [0, 0.05) is 25.7 Å². The van der Waals surface area contributed by atoms with Crippen LogP contribution < -0.4 is 9.64 Å². The highest BCUT2D eigenvalue weighted by atomic mass is 19.1. The van der Waals surface area contributed by atoms with Crippen molar-refractivity contribution in [2.24, 2.45) is 5.41 Å². The van der Waals surface area contributed by atoms with E-state index >= 15 is 0 Å². The van der Waals surface area contributed by atoms with Gasteiger partial charge in [-0.2, -0.15) is 0 Å². The average Bonchev–Trinajstić information content (AvgIpc) is 3.42. The largest absolute Gasteiger partial charge is 0.451 e. The second kappa shape index (κ2) is 9.43. The molecule has 4 rings (SSSR count). The van der Waals surface area contributed by atoms with Gasteiger partial charge in [0.25, 0.3) is 5.91 Å². The van der Waals surface area contributed by atoms with Crippen LogP contribution >= 0.6 is 0 Å². The highest BCUT2D eigenvalue weighted by Crippen LogP contribution is 2.47. The minimum atomic E-state index is -0.465. The first-order valence-corrected chi connectivity index (χ1v) is 11.8. The molecule has 0 atom stereocenters. The van der Waals surface area contributed by atoms with Gasteiger partial charge < -0.3 is 14.5 Å². The Hall–Kier alpha value is -2.70. The molecule has 0 N–H and O–H groups in total. The van der Waals surface area contributed by atoms with E-state index in [1.54, 1.807) is 11.1 Å². The number of amides is 1. The molecule has 1 saturated carbocycles. The van der Waals surface area contributed by atoms with Crippen LogP contribution in [-0.4, -0.2) is 46.5 Å². The van der Waals surface area contributed by atoms with Crippen molar-refractivity contribution in [1.29, 1.82) is 0 Å². The van der Waals surface area contributed by atoms with E-state index in [1.165, 1.54) is 50.2 Å². The summed E-state index contributed by atoms with van der Waals surface area (Å²) in [6, 6.07) is 4.10. The maximum Gasteiger partial charge on any atom is 0.257 e. The molecule has 172 valence electrons. The monoisotopic (exact) mass is 440 g/mol. The maximum atomic E-state index is 14.1. The summed E-state index contributed by atoms with van der Waals surface area (Å²) >= 11 is 0. The van der Waals surface area contributed by atoms with Crippen LogP contribution in [0.3, 0.4) is 0 Å². The number of carbonyl (C=O) groups is 1. The molecule has 0 bridgehead atoms. The summed E-state index contributed by atoms with van der Waals surface area (Å²) in [5, 5.41) is 0. The van der Waals surface area contributed by atoms with Gasteiger partial charge in [-0.05, 0) is 63.1 Å². The molecule has 2 fully saturated rings. The molecule has 1 aromatic carbocycles. The molecule has 2 heterocycles. The fourth-order valence-electron chi connectivity index (χ4n) is 5.14. The highest BCUT2D eigenvalue weighted by molar-refractivity contribution is 5.97. The van der Waals surface area contributed by atoms with Crippen molar-refractivity contribution in [2.45, 2.75) is 65.3 Å². The number of benzene rings is 1. The van der Waals surface area contributed by atoms with Gasteiger partial charge in [-0.15, -0.1) is 0 Å². The van der Waals surface area contributed by atoms with Gasteiger partial charge in [-0.25, -0.2) is 14.4 Å². The van der Waals surface area contributed by atoms with Crippen molar-refractivity contribution < 1.29 is 13.9 Å². The van der Waals surface area contributed by atoms with Crippen LogP contribution in [0.2, 0.25) is 0 Å². The minimum absolute atomic E-state index is 0.00129. The van der Waals surface area contributed by atoms with Gasteiger partial charge in [0.2, 0.25) is 0 Å². The van der Waals surface area contributed by atoms with Crippen LogP contribution in [0, 0.1) is 11.2 Å². The average molecular weight is 441 g/mol. The number of rotatable bonds is 7. The van der Waals surface area contributed by atoms with Gasteiger partial charge in [-0.3, -0.25) is 4.79 Å². The number of carbonyl (C=O) groups excluding carboxylic acids is 1. The molecular formula is C25H33FN4O2. The normalized spacial score (nSPS) is 17.3. The van der Waals surface area contributed by atoms with E-state index in [-0.39, 0.29) is 17.5 Å². The summed E-state index contributed by atoms with van der Waals surface area (Å²) in [6.45, 7) is 8.44. The summed E-state index contributed by atoms with van der Waals surface area (Å²) < 4.78 is 20.3. The molecule has 1 saturated heterocycles. The minimum Gasteiger partial charge on any atom is -0.451 e. The summed E-state index contributed by atoms with van der Waals surface area (Å²) in [6.07, 6.45) is 10.3. The molecule has 32 heavy (non-hydrogen) atoms. The number of nitrogens with zero attached hydrogens (tertiary/aromatic N) is 4. The quantitative estimate of drug-likeness (QED) is 0.574. The third-order valence-corrected chi connectivity index (χ3v) is 6.80. The van der Waals surface area contributed by atoms with Crippen molar-refractivity contribution in [1.82, 2.24) is 14.9 Å². The van der Waals surface area contributed by atoms with Crippen LogP contribution in [0.25, 0.3) is 0 Å². The van der Waals surface area contributed by atoms with Crippen molar-refractivity contribution in [3.63, 3.8) is 0 Å². The van der Waals surface area contributed by atoms with Gasteiger partial charge in [0.05, 0.1) is 11.8 Å². The Morgan fingerprint density at radius 2 is 2.03 bits per heavy atom. The summed E-state index contributed by atoms with van der Waals surface area (Å²) in [5.74, 6) is 0.855. The van der Waals surface area contributed by atoms with E-state index in [0.717, 1.165) is 31.7 Å². The number of ether oxygens (including phenoxy) is 1. The maximum absolute atomic E-state index is 14.1. The van der Waals surface area contributed by atoms with Crippen molar-refractivity contribution >= 4 is 11.7 Å². The SMILES string of the molecule is CCCN(C(=O)c1cc(F)ccc1Oc1cncnc1N1CCC2(CCCC2)C1)C(C)C. The third-order valence-electron chi connectivity index (χ3n) is 6.80. The number of hydrogen-bond acceptors (Lipinski definition) is 5. The second-order valence-electron chi connectivity index (χ2n) is 9.42. The van der Waals surface area contributed by atoms with Gasteiger partial charge in [0.1, 0.15) is 17.9 Å². The van der Waals surface area contributed by atoms with Gasteiger partial charge in [0.15, 0.2) is 11.6 Å². The molecule has 6 nitrogen and oxygen atoms in total. The van der Waals surface area contributed by atoms with E-state index < -0.39 is 5.82 Å². The predicted octanol–water partition coefficient (Wildman–Crippen LogP) is 5.44. The van der Waals surface area contributed by atoms with E-state index in [2.05, 4.69) is 14.9 Å². The van der Waals surface area contributed by atoms with E-state index in [9.17, 15) is 9.18 Å². The van der Waals surface area contributed by atoms with Crippen LogP contribution in [0.4, 0.5) is 10.2 Å². The first-order chi connectivity index (χ1) is 15.4. The molecule has 2 aromatic rings. The number of anilines is 1. The van der Waals surface area contributed by atoms with Gasteiger partial charge >= 0.3 is 0 Å². The molecule has 1 aliphatic carbocycles. The molecule has 1 spiro atoms. The standard InChI is InChI=1S/C25H33FN4O2/c1-4-12-30(18(2)3)24(31)20-14-19(26)7-8-21(20)32-22-15-27-17-28-23(22)29-13-11-25(16-29)9-5-6-10-25/h7-8,14-15,17-18H,4-6,9-13,16H2,1-3H3. The van der Waals surface area contributed by atoms with Gasteiger partial charge in [-0.1, -0.05) is 19.8 Å². The smallest absolute Gasteiger partial charge is 0.257 e. The summed E-state index contributed by atoms with van der Waals surface area (Å²) in [5.41, 5.74) is 0.604. The molecule has 1 amide bonds. The van der Waals surface area contributed by atoms with E-state index in [1.807, 2.05) is 20.8 Å². The Kier molecular flexibility index (Phi) is 6.63. The van der Waals surface area contributed by atoms with Crippen LogP contribution in [0.1, 0.15) is 69.7 Å². The zero-order valence-corrected chi connectivity index (χ0v) is 19.3. The zero-order valence-electron chi connectivity index (χ0n) is 19.3. The number of halogens is 1. The lowest BCUT2D eigenvalue weighted by Crippen LogP contribution is -2.37. The summed E-state index contributed by atoms with van der Waals surface area (Å²) in [4.78, 5) is 26.0. The predicted molar refractivity (Wildman–Crippen MR) is 123 cm³/mol. The first kappa shape index (κ1) is 22.5. The van der Waals surface area contributed by atoms with Crippen molar-refractivity contribution in [3.8, 4) is 11.5 Å². The Morgan fingerprint density at radius 1 is 1.25 bits per heavy atom. The van der Waals surface area contributed by atoms with Crippen molar-refractivity contribution in [3.05, 3.63) is 42.1 Å². The highest BCUT2D eigenvalue weighted by Gasteiger charge is 2.41. The number of aromatic nitrogens is 2. The lowest BCUT2D eigenvalue weighted by atomic mass is 9.86. The Bertz CT molecular complexity index is 959. The number of hydrogen-bond donors (Lipinski definition) is 0. The fraction of sp³-hybridized carbons (Fsp3) is 0.560. The Labute approximate surface area is 189 Å². The zero-order chi connectivity index (χ0) is 22.7. The van der Waals surface area contributed by atoms with Crippen LogP contribution in [-0.2, 0) is 0 Å². The Balaban J connectivity index is 1.62. The van der Waals surface area contributed by atoms with E-state index in [0.29, 0.717) is 23.5 Å². The van der Waals surface area contributed by atoms with Crippen LogP contribution in [0.5, 0.6) is 11.5 Å². The molecule has 0 radical (unpaired) electrons. The first-order valence-electron chi connectivity index (χ1n) is 11.8. The van der Waals surface area contributed by atoms with E-state index in [4.69, 9.17) is 4.74 Å². The summed E-state index contributed by atoms with van der Waals surface area (Å²) in [7, 11) is 0. The topological polar surface area (TPSA) is 58.6 Å². The van der Waals surface area contributed by atoms with Crippen LogP contribution in [0.15, 0.2) is 30.7 Å². The molecule has 7 heteroatoms.